The fourth-order valence-corrected chi connectivity index (χ4v) is 3.56. The van der Waals surface area contributed by atoms with Crippen molar-refractivity contribution in [1.29, 1.82) is 0 Å². The minimum absolute atomic E-state index is 0.152. The second kappa shape index (κ2) is 5.80. The Kier molecular flexibility index (Phi) is 4.51. The molecule has 3 atom stereocenters. The summed E-state index contributed by atoms with van der Waals surface area (Å²) in [7, 11) is 0. The number of hydrogen-bond acceptors (Lipinski definition) is 3. The molecule has 4 heteroatoms. The Morgan fingerprint density at radius 2 is 2.05 bits per heavy atom. The van der Waals surface area contributed by atoms with Gasteiger partial charge in [0.1, 0.15) is 0 Å². The monoisotopic (exact) mass is 268 g/mol. The van der Waals surface area contributed by atoms with Gasteiger partial charge in [0, 0.05) is 25.4 Å². The number of nitrogens with two attached hydrogens (primary N) is 1. The van der Waals surface area contributed by atoms with Crippen molar-refractivity contribution in [2.24, 2.45) is 23.0 Å². The average molecular weight is 268 g/mol. The Labute approximate surface area is 116 Å². The molecule has 0 aromatic rings. The Hall–Kier alpha value is -0.610. The van der Waals surface area contributed by atoms with Crippen LogP contribution in [0, 0.1) is 17.3 Å². The zero-order valence-corrected chi connectivity index (χ0v) is 12.3. The predicted molar refractivity (Wildman–Crippen MR) is 75.5 cm³/mol. The third-order valence-electron chi connectivity index (χ3n) is 5.01. The van der Waals surface area contributed by atoms with Gasteiger partial charge in [0.25, 0.3) is 0 Å². The molecule has 2 fully saturated rings. The molecule has 2 aliphatic rings. The lowest BCUT2D eigenvalue weighted by atomic mass is 9.84. The van der Waals surface area contributed by atoms with Gasteiger partial charge >= 0.3 is 0 Å². The van der Waals surface area contributed by atoms with Crippen molar-refractivity contribution in [3.63, 3.8) is 0 Å². The molecule has 1 aliphatic carbocycles. The number of carbonyl (C=O) groups is 1. The molecule has 2 rings (SSSR count). The van der Waals surface area contributed by atoms with Gasteiger partial charge in [-0.05, 0) is 43.6 Å². The van der Waals surface area contributed by atoms with E-state index in [1.807, 2.05) is 4.90 Å². The molecule has 1 heterocycles. The molecule has 0 bridgehead atoms. The van der Waals surface area contributed by atoms with E-state index in [0.717, 1.165) is 38.8 Å². The standard InChI is InChI=1S/C15H28N2O2/c1-15(2,7-8-16)6-5-14(19)17-9-11-3-4-13(18)12(11)10-17/h11-13,18H,3-10,16H2,1-2H3. The van der Waals surface area contributed by atoms with E-state index in [9.17, 15) is 9.90 Å². The highest BCUT2D eigenvalue weighted by Crippen LogP contribution is 2.38. The maximum Gasteiger partial charge on any atom is 0.222 e. The topological polar surface area (TPSA) is 66.6 Å². The zero-order valence-electron chi connectivity index (χ0n) is 12.3. The minimum Gasteiger partial charge on any atom is -0.393 e. The van der Waals surface area contributed by atoms with E-state index in [2.05, 4.69) is 13.8 Å². The molecular weight excluding hydrogens is 240 g/mol. The number of fused-ring (bicyclic) bond motifs is 1. The molecule has 4 nitrogen and oxygen atoms in total. The quantitative estimate of drug-likeness (QED) is 0.791. The summed E-state index contributed by atoms with van der Waals surface area (Å²) in [5.41, 5.74) is 5.75. The van der Waals surface area contributed by atoms with Crippen LogP contribution in [0.5, 0.6) is 0 Å². The Balaban J connectivity index is 1.79. The van der Waals surface area contributed by atoms with Crippen LogP contribution < -0.4 is 5.73 Å². The van der Waals surface area contributed by atoms with Gasteiger partial charge in [0.15, 0.2) is 0 Å². The second-order valence-electron chi connectivity index (χ2n) is 7.07. The summed E-state index contributed by atoms with van der Waals surface area (Å²) < 4.78 is 0. The number of aliphatic hydroxyl groups excluding tert-OH is 1. The van der Waals surface area contributed by atoms with Crippen LogP contribution in [0.15, 0.2) is 0 Å². The van der Waals surface area contributed by atoms with Gasteiger partial charge in [0.2, 0.25) is 5.91 Å². The summed E-state index contributed by atoms with van der Waals surface area (Å²) >= 11 is 0. The van der Waals surface area contributed by atoms with Gasteiger partial charge in [-0.2, -0.15) is 0 Å². The highest BCUT2D eigenvalue weighted by atomic mass is 16.3. The van der Waals surface area contributed by atoms with E-state index >= 15 is 0 Å². The van der Waals surface area contributed by atoms with E-state index < -0.39 is 0 Å². The summed E-state index contributed by atoms with van der Waals surface area (Å²) in [4.78, 5) is 14.2. The molecule has 1 aliphatic heterocycles. The molecular formula is C15H28N2O2. The van der Waals surface area contributed by atoms with Crippen molar-refractivity contribution in [1.82, 2.24) is 4.90 Å². The first kappa shape index (κ1) is 14.8. The van der Waals surface area contributed by atoms with Gasteiger partial charge < -0.3 is 15.7 Å². The number of rotatable bonds is 5. The minimum atomic E-state index is -0.184. The van der Waals surface area contributed by atoms with Crippen LogP contribution in [-0.2, 0) is 4.79 Å². The SMILES string of the molecule is CC(C)(CCN)CCC(=O)N1CC2CCC(O)C2C1. The summed E-state index contributed by atoms with van der Waals surface area (Å²) in [6, 6.07) is 0. The number of carbonyl (C=O) groups excluding carboxylic acids is 1. The fraction of sp³-hybridized carbons (Fsp3) is 0.933. The smallest absolute Gasteiger partial charge is 0.222 e. The molecule has 1 amide bonds. The highest BCUT2D eigenvalue weighted by molar-refractivity contribution is 5.76. The van der Waals surface area contributed by atoms with Crippen molar-refractivity contribution in [3.05, 3.63) is 0 Å². The van der Waals surface area contributed by atoms with Gasteiger partial charge in [-0.3, -0.25) is 4.79 Å². The number of amides is 1. The van der Waals surface area contributed by atoms with E-state index in [1.54, 1.807) is 0 Å². The van der Waals surface area contributed by atoms with Gasteiger partial charge in [-0.15, -0.1) is 0 Å². The van der Waals surface area contributed by atoms with Gasteiger partial charge in [-0.1, -0.05) is 13.8 Å². The third kappa shape index (κ3) is 3.48. The lowest BCUT2D eigenvalue weighted by Gasteiger charge is -2.25. The maximum atomic E-state index is 12.2. The predicted octanol–water partition coefficient (Wildman–Crippen LogP) is 1.37. The Morgan fingerprint density at radius 1 is 1.32 bits per heavy atom. The molecule has 0 aromatic heterocycles. The Bertz CT molecular complexity index is 330. The van der Waals surface area contributed by atoms with Crippen LogP contribution in [-0.4, -0.2) is 41.7 Å². The molecule has 0 aromatic carbocycles. The third-order valence-corrected chi connectivity index (χ3v) is 5.01. The van der Waals surface area contributed by atoms with Crippen molar-refractivity contribution in [2.45, 2.75) is 52.1 Å². The van der Waals surface area contributed by atoms with E-state index in [-0.39, 0.29) is 17.4 Å². The average Bonchev–Trinajstić information content (AvgIpc) is 2.89. The number of aliphatic hydroxyl groups is 1. The number of likely N-dealkylation sites (tertiary alicyclic amines) is 1. The van der Waals surface area contributed by atoms with Crippen LogP contribution in [0.1, 0.15) is 46.0 Å². The van der Waals surface area contributed by atoms with Gasteiger partial charge in [0.05, 0.1) is 6.10 Å². The molecule has 1 saturated carbocycles. The molecule has 3 N–H and O–H groups in total. The van der Waals surface area contributed by atoms with E-state index in [1.165, 1.54) is 0 Å². The normalized spacial score (nSPS) is 30.7. The fourth-order valence-electron chi connectivity index (χ4n) is 3.56. The lowest BCUT2D eigenvalue weighted by molar-refractivity contribution is -0.131. The largest absolute Gasteiger partial charge is 0.393 e. The summed E-state index contributed by atoms with van der Waals surface area (Å²) in [6.07, 6.45) is 4.29. The van der Waals surface area contributed by atoms with Crippen LogP contribution in [0.25, 0.3) is 0 Å². The van der Waals surface area contributed by atoms with Crippen LogP contribution in [0.3, 0.4) is 0 Å². The summed E-state index contributed by atoms with van der Waals surface area (Å²) in [5.74, 6) is 1.13. The van der Waals surface area contributed by atoms with E-state index in [0.29, 0.717) is 24.8 Å². The highest BCUT2D eigenvalue weighted by Gasteiger charge is 2.43. The summed E-state index contributed by atoms with van der Waals surface area (Å²) in [6.45, 7) is 6.66. The molecule has 110 valence electrons. The maximum absolute atomic E-state index is 12.2. The zero-order chi connectivity index (χ0) is 14.0. The van der Waals surface area contributed by atoms with Crippen LogP contribution >= 0.6 is 0 Å². The summed E-state index contributed by atoms with van der Waals surface area (Å²) in [5, 5.41) is 9.88. The first-order chi connectivity index (χ1) is 8.93. The Morgan fingerprint density at radius 3 is 2.68 bits per heavy atom. The van der Waals surface area contributed by atoms with Crippen molar-refractivity contribution < 1.29 is 9.90 Å². The number of hydrogen-bond donors (Lipinski definition) is 2. The first-order valence-corrected chi connectivity index (χ1v) is 7.59. The number of nitrogens with zero attached hydrogens (tertiary/aromatic N) is 1. The molecule has 3 unspecified atom stereocenters. The van der Waals surface area contributed by atoms with Crippen molar-refractivity contribution in [3.8, 4) is 0 Å². The second-order valence-corrected chi connectivity index (χ2v) is 7.07. The molecule has 0 radical (unpaired) electrons. The molecule has 0 spiro atoms. The van der Waals surface area contributed by atoms with Crippen LogP contribution in [0.2, 0.25) is 0 Å². The van der Waals surface area contributed by atoms with Gasteiger partial charge in [-0.25, -0.2) is 0 Å². The first-order valence-electron chi connectivity index (χ1n) is 7.59. The van der Waals surface area contributed by atoms with Crippen molar-refractivity contribution >= 4 is 5.91 Å². The lowest BCUT2D eigenvalue weighted by Crippen LogP contribution is -2.32. The van der Waals surface area contributed by atoms with Crippen LogP contribution in [0.4, 0.5) is 0 Å². The van der Waals surface area contributed by atoms with Crippen molar-refractivity contribution in [2.75, 3.05) is 19.6 Å². The molecule has 19 heavy (non-hydrogen) atoms. The van der Waals surface area contributed by atoms with E-state index in [4.69, 9.17) is 5.73 Å². The molecule has 1 saturated heterocycles.